The van der Waals surface area contributed by atoms with Crippen molar-refractivity contribution in [3.63, 3.8) is 0 Å². The van der Waals surface area contributed by atoms with E-state index in [-0.39, 0.29) is 30.9 Å². The van der Waals surface area contributed by atoms with Crippen molar-refractivity contribution in [2.24, 2.45) is 16.4 Å². The van der Waals surface area contributed by atoms with E-state index in [1.165, 1.54) is 0 Å². The van der Waals surface area contributed by atoms with E-state index < -0.39 is 5.41 Å². The van der Waals surface area contributed by atoms with Crippen LogP contribution >= 0.6 is 0 Å². The van der Waals surface area contributed by atoms with Crippen molar-refractivity contribution in [2.75, 3.05) is 13.2 Å². The number of benzene rings is 1. The number of amides is 1. The smallest absolute Gasteiger partial charge is 0.240 e. The van der Waals surface area contributed by atoms with Crippen molar-refractivity contribution in [3.05, 3.63) is 28.6 Å². The SMILES string of the molecule is Cc1cc(C2=NNC(=O)CC2C)c(F)c(C)c1OCC(C)(C)CO. The average molecular weight is 336 g/mol. The summed E-state index contributed by atoms with van der Waals surface area (Å²) >= 11 is 0. The maximum atomic E-state index is 14.9. The first kappa shape index (κ1) is 18.4. The number of rotatable bonds is 5. The summed E-state index contributed by atoms with van der Waals surface area (Å²) < 4.78 is 20.7. The van der Waals surface area contributed by atoms with Gasteiger partial charge in [0.25, 0.3) is 0 Å². The van der Waals surface area contributed by atoms with Crippen LogP contribution in [-0.4, -0.2) is 29.9 Å². The molecule has 6 heteroatoms. The van der Waals surface area contributed by atoms with E-state index in [1.54, 1.807) is 13.0 Å². The molecule has 0 spiro atoms. The number of ether oxygens (including phenoxy) is 1. The second-order valence-corrected chi connectivity index (χ2v) is 7.26. The fourth-order valence-corrected chi connectivity index (χ4v) is 2.64. The van der Waals surface area contributed by atoms with Gasteiger partial charge in [-0.05, 0) is 25.5 Å². The van der Waals surface area contributed by atoms with E-state index in [2.05, 4.69) is 10.5 Å². The number of hydrogen-bond donors (Lipinski definition) is 2. The van der Waals surface area contributed by atoms with Gasteiger partial charge in [0.1, 0.15) is 11.6 Å². The van der Waals surface area contributed by atoms with Gasteiger partial charge < -0.3 is 9.84 Å². The summed E-state index contributed by atoms with van der Waals surface area (Å²) in [4.78, 5) is 11.4. The second kappa shape index (κ2) is 6.89. The lowest BCUT2D eigenvalue weighted by Gasteiger charge is -2.25. The molecule has 0 fully saturated rings. The summed E-state index contributed by atoms with van der Waals surface area (Å²) in [6.07, 6.45) is 0.291. The zero-order valence-corrected chi connectivity index (χ0v) is 14.9. The van der Waals surface area contributed by atoms with Gasteiger partial charge in [-0.3, -0.25) is 4.79 Å². The number of hydrazone groups is 1. The van der Waals surface area contributed by atoms with Crippen LogP contribution in [0, 0.1) is 31.0 Å². The Morgan fingerprint density at radius 2 is 2.12 bits per heavy atom. The van der Waals surface area contributed by atoms with Crippen molar-refractivity contribution in [1.82, 2.24) is 5.43 Å². The monoisotopic (exact) mass is 336 g/mol. The molecule has 0 aliphatic carbocycles. The van der Waals surface area contributed by atoms with Gasteiger partial charge in [-0.2, -0.15) is 5.10 Å². The van der Waals surface area contributed by atoms with Gasteiger partial charge >= 0.3 is 0 Å². The first-order valence-corrected chi connectivity index (χ1v) is 8.06. The van der Waals surface area contributed by atoms with E-state index in [0.29, 0.717) is 29.0 Å². The molecule has 2 rings (SSSR count). The van der Waals surface area contributed by atoms with Gasteiger partial charge in [0.05, 0.1) is 18.9 Å². The third-order valence-electron chi connectivity index (χ3n) is 4.20. The molecule has 2 N–H and O–H groups in total. The van der Waals surface area contributed by atoms with Gasteiger partial charge in [-0.1, -0.05) is 20.8 Å². The van der Waals surface area contributed by atoms with Crippen LogP contribution in [0.1, 0.15) is 43.9 Å². The molecule has 1 amide bonds. The Balaban J connectivity index is 2.37. The number of halogens is 1. The molecule has 24 heavy (non-hydrogen) atoms. The Morgan fingerprint density at radius 3 is 2.71 bits per heavy atom. The highest BCUT2D eigenvalue weighted by atomic mass is 19.1. The fourth-order valence-electron chi connectivity index (χ4n) is 2.64. The van der Waals surface area contributed by atoms with Crippen LogP contribution in [0.3, 0.4) is 0 Å². The molecule has 0 saturated carbocycles. The molecule has 1 aromatic rings. The van der Waals surface area contributed by atoms with Crippen LogP contribution in [0.4, 0.5) is 4.39 Å². The Labute approximate surface area is 141 Å². The first-order valence-electron chi connectivity index (χ1n) is 8.06. The molecular formula is C18H25FN2O3. The number of aryl methyl sites for hydroxylation is 1. The summed E-state index contributed by atoms with van der Waals surface area (Å²) in [7, 11) is 0. The second-order valence-electron chi connectivity index (χ2n) is 7.26. The Morgan fingerprint density at radius 1 is 1.46 bits per heavy atom. The van der Waals surface area contributed by atoms with Crippen LogP contribution in [0.2, 0.25) is 0 Å². The lowest BCUT2D eigenvalue weighted by molar-refractivity contribution is -0.121. The van der Waals surface area contributed by atoms with E-state index in [4.69, 9.17) is 4.74 Å². The summed E-state index contributed by atoms with van der Waals surface area (Å²) in [6.45, 7) is 9.41. The van der Waals surface area contributed by atoms with E-state index in [1.807, 2.05) is 27.7 Å². The predicted molar refractivity (Wildman–Crippen MR) is 90.7 cm³/mol. The Bertz CT molecular complexity index is 683. The van der Waals surface area contributed by atoms with Crippen molar-refractivity contribution < 1.29 is 19.0 Å². The minimum atomic E-state index is -0.403. The van der Waals surface area contributed by atoms with Gasteiger partial charge in [0, 0.05) is 28.9 Å². The van der Waals surface area contributed by atoms with Crippen LogP contribution in [-0.2, 0) is 4.79 Å². The number of carbonyl (C=O) groups is 1. The number of hydrogen-bond acceptors (Lipinski definition) is 4. The van der Waals surface area contributed by atoms with Gasteiger partial charge in [-0.15, -0.1) is 0 Å². The average Bonchev–Trinajstić information content (AvgIpc) is 2.51. The zero-order chi connectivity index (χ0) is 18.1. The summed E-state index contributed by atoms with van der Waals surface area (Å²) in [5.41, 5.74) is 4.16. The quantitative estimate of drug-likeness (QED) is 0.868. The van der Waals surface area contributed by atoms with Crippen LogP contribution in [0.25, 0.3) is 0 Å². The molecule has 1 aliphatic rings. The summed E-state index contributed by atoms with van der Waals surface area (Å²) in [5.74, 6) is -0.205. The largest absolute Gasteiger partial charge is 0.492 e. The molecule has 1 heterocycles. The minimum Gasteiger partial charge on any atom is -0.492 e. The van der Waals surface area contributed by atoms with Gasteiger partial charge in [0.15, 0.2) is 0 Å². The third-order valence-corrected chi connectivity index (χ3v) is 4.20. The van der Waals surface area contributed by atoms with Crippen molar-refractivity contribution >= 4 is 11.6 Å². The maximum Gasteiger partial charge on any atom is 0.240 e. The fraction of sp³-hybridized carbons (Fsp3) is 0.556. The van der Waals surface area contributed by atoms with E-state index in [0.717, 1.165) is 5.56 Å². The number of aliphatic hydroxyl groups is 1. The lowest BCUT2D eigenvalue weighted by atomic mass is 9.91. The highest BCUT2D eigenvalue weighted by Crippen LogP contribution is 2.32. The lowest BCUT2D eigenvalue weighted by Crippen LogP contribution is -2.32. The standard InChI is InChI=1S/C18H25FN2O3/c1-10-7-14(23)20-21-16(10)13-6-11(2)17(12(3)15(13)19)24-9-18(4,5)8-22/h6,10,22H,7-9H2,1-5H3,(H,20,23). The molecule has 132 valence electrons. The van der Waals surface area contributed by atoms with Crippen molar-refractivity contribution in [1.29, 1.82) is 0 Å². The number of aliphatic hydroxyl groups excluding tert-OH is 1. The highest BCUT2D eigenvalue weighted by Gasteiger charge is 2.27. The first-order chi connectivity index (χ1) is 11.2. The Hall–Kier alpha value is -1.95. The van der Waals surface area contributed by atoms with Crippen LogP contribution in [0.5, 0.6) is 5.75 Å². The molecule has 0 aromatic heterocycles. The topological polar surface area (TPSA) is 70.9 Å². The molecule has 0 radical (unpaired) electrons. The molecular weight excluding hydrogens is 311 g/mol. The third kappa shape index (κ3) is 3.75. The van der Waals surface area contributed by atoms with Gasteiger partial charge in [0.2, 0.25) is 5.91 Å². The predicted octanol–water partition coefficient (Wildman–Crippen LogP) is 2.70. The van der Waals surface area contributed by atoms with E-state index >= 15 is 0 Å². The highest BCUT2D eigenvalue weighted by molar-refractivity contribution is 6.06. The molecule has 5 nitrogen and oxygen atoms in total. The number of carbonyl (C=O) groups excluding carboxylic acids is 1. The number of nitrogens with one attached hydrogen (secondary N) is 1. The Kier molecular flexibility index (Phi) is 5.28. The molecule has 1 unspecified atom stereocenters. The normalized spacial score (nSPS) is 18.2. The number of nitrogens with zero attached hydrogens (tertiary/aromatic N) is 1. The molecule has 0 saturated heterocycles. The summed E-state index contributed by atoms with van der Waals surface area (Å²) in [5, 5.41) is 13.4. The van der Waals surface area contributed by atoms with Crippen LogP contribution in [0.15, 0.2) is 11.2 Å². The zero-order valence-electron chi connectivity index (χ0n) is 14.9. The molecule has 1 aliphatic heterocycles. The van der Waals surface area contributed by atoms with E-state index in [9.17, 15) is 14.3 Å². The maximum absolute atomic E-state index is 14.9. The molecule has 1 atom stereocenters. The molecule has 1 aromatic carbocycles. The van der Waals surface area contributed by atoms with Crippen molar-refractivity contribution in [3.8, 4) is 5.75 Å². The summed E-state index contributed by atoms with van der Waals surface area (Å²) in [6, 6.07) is 1.70. The van der Waals surface area contributed by atoms with Crippen LogP contribution < -0.4 is 10.2 Å². The van der Waals surface area contributed by atoms with Gasteiger partial charge in [-0.25, -0.2) is 9.82 Å². The molecule has 0 bridgehead atoms. The van der Waals surface area contributed by atoms with Crippen molar-refractivity contribution in [2.45, 2.75) is 41.0 Å². The minimum absolute atomic E-state index is 0.0142.